The molecule has 4 rings (SSSR count). The maximum atomic E-state index is 5.41. The van der Waals surface area contributed by atoms with Crippen molar-refractivity contribution in [3.8, 4) is 17.2 Å². The molecule has 1 aliphatic heterocycles. The largest absolute Gasteiger partial charge is 0.454 e. The lowest BCUT2D eigenvalue weighted by Gasteiger charge is -2.12. The number of hydrogen-bond donors (Lipinski definition) is 2. The molecule has 1 aliphatic rings. The molecular formula is C19H20N6O2. The fraction of sp³-hybridized carbons (Fsp3) is 0.211. The van der Waals surface area contributed by atoms with Crippen LogP contribution in [0.5, 0.6) is 11.5 Å². The Kier molecular flexibility index (Phi) is 4.86. The highest BCUT2D eigenvalue weighted by Crippen LogP contribution is 2.32. The van der Waals surface area contributed by atoms with Crippen molar-refractivity contribution in [2.75, 3.05) is 13.8 Å². The molecule has 27 heavy (non-hydrogen) atoms. The van der Waals surface area contributed by atoms with Gasteiger partial charge in [-0.3, -0.25) is 9.56 Å². The lowest BCUT2D eigenvalue weighted by molar-refractivity contribution is 0.174. The van der Waals surface area contributed by atoms with E-state index in [0.717, 1.165) is 28.6 Å². The molecule has 0 spiro atoms. The molecule has 8 heteroatoms. The van der Waals surface area contributed by atoms with Crippen LogP contribution in [0.3, 0.4) is 0 Å². The van der Waals surface area contributed by atoms with Crippen LogP contribution in [0.2, 0.25) is 0 Å². The van der Waals surface area contributed by atoms with Crippen LogP contribution < -0.4 is 20.1 Å². The molecule has 2 aromatic carbocycles. The Balaban J connectivity index is 1.36. The molecule has 0 saturated heterocycles. The minimum Gasteiger partial charge on any atom is -0.454 e. The fourth-order valence-corrected chi connectivity index (χ4v) is 2.80. The van der Waals surface area contributed by atoms with Gasteiger partial charge in [-0.25, -0.2) is 0 Å². The third-order valence-corrected chi connectivity index (χ3v) is 4.19. The zero-order valence-corrected chi connectivity index (χ0v) is 14.9. The molecule has 0 radical (unpaired) electrons. The summed E-state index contributed by atoms with van der Waals surface area (Å²) in [5.74, 6) is 3.03. The van der Waals surface area contributed by atoms with Crippen molar-refractivity contribution in [3.63, 3.8) is 0 Å². The van der Waals surface area contributed by atoms with Gasteiger partial charge < -0.3 is 20.1 Å². The van der Waals surface area contributed by atoms with Crippen LogP contribution >= 0.6 is 0 Å². The highest BCUT2D eigenvalue weighted by Gasteiger charge is 2.13. The van der Waals surface area contributed by atoms with E-state index in [0.29, 0.717) is 19.0 Å². The average molecular weight is 364 g/mol. The number of aromatic nitrogens is 3. The van der Waals surface area contributed by atoms with Gasteiger partial charge in [0.15, 0.2) is 23.3 Å². The number of aliphatic imine (C=N–C) groups is 1. The molecule has 0 unspecified atom stereocenters. The third kappa shape index (κ3) is 3.84. The van der Waals surface area contributed by atoms with E-state index in [1.165, 1.54) is 0 Å². The van der Waals surface area contributed by atoms with Crippen molar-refractivity contribution < 1.29 is 9.47 Å². The molecule has 2 heterocycles. The maximum absolute atomic E-state index is 5.41. The van der Waals surface area contributed by atoms with Gasteiger partial charge >= 0.3 is 0 Å². The van der Waals surface area contributed by atoms with Crippen LogP contribution in [0.25, 0.3) is 5.69 Å². The number of nitrogens with zero attached hydrogens (tertiary/aromatic N) is 4. The highest BCUT2D eigenvalue weighted by atomic mass is 16.7. The minimum absolute atomic E-state index is 0.275. The Bertz CT molecular complexity index is 938. The first-order chi connectivity index (χ1) is 13.3. The van der Waals surface area contributed by atoms with Crippen LogP contribution in [0.4, 0.5) is 0 Å². The summed E-state index contributed by atoms with van der Waals surface area (Å²) in [4.78, 5) is 4.26. The summed E-state index contributed by atoms with van der Waals surface area (Å²) >= 11 is 0. The monoisotopic (exact) mass is 364 g/mol. The van der Waals surface area contributed by atoms with Gasteiger partial charge in [0.2, 0.25) is 6.79 Å². The van der Waals surface area contributed by atoms with E-state index >= 15 is 0 Å². The smallest absolute Gasteiger partial charge is 0.231 e. The lowest BCUT2D eigenvalue weighted by atomic mass is 10.2. The fourth-order valence-electron chi connectivity index (χ4n) is 2.80. The number of ether oxygens (including phenoxy) is 2. The zero-order valence-electron chi connectivity index (χ0n) is 14.9. The second-order valence-corrected chi connectivity index (χ2v) is 5.92. The van der Waals surface area contributed by atoms with Gasteiger partial charge in [0.25, 0.3) is 0 Å². The van der Waals surface area contributed by atoms with Crippen LogP contribution in [0, 0.1) is 0 Å². The SMILES string of the molecule is CN=C(NCc1ccc2c(c1)OCO2)NCc1nncn1-c1ccccc1. The summed E-state index contributed by atoms with van der Waals surface area (Å²) in [6.45, 7) is 1.38. The van der Waals surface area contributed by atoms with Crippen LogP contribution in [0.1, 0.15) is 11.4 Å². The number of rotatable bonds is 5. The highest BCUT2D eigenvalue weighted by molar-refractivity contribution is 5.79. The van der Waals surface area contributed by atoms with E-state index in [1.54, 1.807) is 13.4 Å². The molecule has 3 aromatic rings. The summed E-state index contributed by atoms with van der Waals surface area (Å²) in [6, 6.07) is 15.9. The predicted molar refractivity (Wildman–Crippen MR) is 101 cm³/mol. The Morgan fingerprint density at radius 2 is 1.89 bits per heavy atom. The van der Waals surface area contributed by atoms with Crippen molar-refractivity contribution in [1.29, 1.82) is 0 Å². The topological polar surface area (TPSA) is 85.6 Å². The second-order valence-electron chi connectivity index (χ2n) is 5.92. The second kappa shape index (κ2) is 7.77. The maximum Gasteiger partial charge on any atom is 0.231 e. The summed E-state index contributed by atoms with van der Waals surface area (Å²) in [7, 11) is 1.73. The van der Waals surface area contributed by atoms with Crippen LogP contribution in [-0.2, 0) is 13.1 Å². The van der Waals surface area contributed by atoms with E-state index in [4.69, 9.17) is 9.47 Å². The zero-order chi connectivity index (χ0) is 18.5. The minimum atomic E-state index is 0.275. The van der Waals surface area contributed by atoms with E-state index in [1.807, 2.05) is 53.1 Å². The third-order valence-electron chi connectivity index (χ3n) is 4.19. The quantitative estimate of drug-likeness (QED) is 0.531. The first-order valence-electron chi connectivity index (χ1n) is 8.61. The lowest BCUT2D eigenvalue weighted by Crippen LogP contribution is -2.36. The van der Waals surface area contributed by atoms with Crippen LogP contribution in [0.15, 0.2) is 59.9 Å². The van der Waals surface area contributed by atoms with Gasteiger partial charge in [-0.15, -0.1) is 10.2 Å². The average Bonchev–Trinajstić information content (AvgIpc) is 3.37. The summed E-state index contributed by atoms with van der Waals surface area (Å²) in [6.07, 6.45) is 1.70. The van der Waals surface area contributed by atoms with Crippen molar-refractivity contribution in [2.24, 2.45) is 4.99 Å². The van der Waals surface area contributed by atoms with Crippen molar-refractivity contribution in [1.82, 2.24) is 25.4 Å². The molecule has 0 saturated carbocycles. The van der Waals surface area contributed by atoms with Gasteiger partial charge in [-0.1, -0.05) is 24.3 Å². The number of para-hydroxylation sites is 1. The molecule has 0 fully saturated rings. The molecule has 0 amide bonds. The van der Waals surface area contributed by atoms with Crippen LogP contribution in [-0.4, -0.2) is 34.6 Å². The molecule has 0 atom stereocenters. The number of fused-ring (bicyclic) bond motifs is 1. The van der Waals surface area contributed by atoms with Crippen molar-refractivity contribution >= 4 is 5.96 Å². The molecule has 8 nitrogen and oxygen atoms in total. The van der Waals surface area contributed by atoms with Gasteiger partial charge in [0.1, 0.15) is 6.33 Å². The number of guanidine groups is 1. The van der Waals surface area contributed by atoms with E-state index in [2.05, 4.69) is 25.8 Å². The standard InChI is InChI=1S/C19H20N6O2/c1-20-19(21-10-14-7-8-16-17(9-14)27-13-26-16)22-11-18-24-23-12-25(18)15-5-3-2-4-6-15/h2-9,12H,10-11,13H2,1H3,(H2,20,21,22). The Hall–Kier alpha value is -3.55. The van der Waals surface area contributed by atoms with Gasteiger partial charge in [0.05, 0.1) is 6.54 Å². The summed E-state index contributed by atoms with van der Waals surface area (Å²) in [5.41, 5.74) is 2.09. The van der Waals surface area contributed by atoms with Gasteiger partial charge in [0, 0.05) is 19.3 Å². The summed E-state index contributed by atoms with van der Waals surface area (Å²) in [5, 5.41) is 14.8. The molecule has 2 N–H and O–H groups in total. The van der Waals surface area contributed by atoms with Gasteiger partial charge in [-0.2, -0.15) is 0 Å². The Morgan fingerprint density at radius 1 is 1.07 bits per heavy atom. The number of benzene rings is 2. The molecule has 0 aliphatic carbocycles. The normalized spacial score (nSPS) is 12.9. The van der Waals surface area contributed by atoms with Crippen molar-refractivity contribution in [3.05, 3.63) is 66.2 Å². The molecular weight excluding hydrogens is 344 g/mol. The van der Waals surface area contributed by atoms with Gasteiger partial charge in [-0.05, 0) is 29.8 Å². The Labute approximate surface area is 156 Å². The van der Waals surface area contributed by atoms with E-state index in [-0.39, 0.29) is 6.79 Å². The summed E-state index contributed by atoms with van der Waals surface area (Å²) < 4.78 is 12.7. The number of hydrogen-bond acceptors (Lipinski definition) is 5. The predicted octanol–water partition coefficient (Wildman–Crippen LogP) is 1.86. The molecule has 138 valence electrons. The molecule has 1 aromatic heterocycles. The molecule has 0 bridgehead atoms. The first-order valence-corrected chi connectivity index (χ1v) is 8.61. The first kappa shape index (κ1) is 16.9. The van der Waals surface area contributed by atoms with E-state index < -0.39 is 0 Å². The van der Waals surface area contributed by atoms with E-state index in [9.17, 15) is 0 Å². The Morgan fingerprint density at radius 3 is 2.74 bits per heavy atom. The number of nitrogens with one attached hydrogen (secondary N) is 2. The van der Waals surface area contributed by atoms with Crippen molar-refractivity contribution in [2.45, 2.75) is 13.1 Å².